The van der Waals surface area contributed by atoms with Crippen LogP contribution < -0.4 is 10.1 Å². The average molecular weight is 360 g/mol. The van der Waals surface area contributed by atoms with Crippen molar-refractivity contribution in [1.82, 2.24) is 5.32 Å². The number of nitrogens with one attached hydrogen (secondary N) is 1. The van der Waals surface area contributed by atoms with Crippen molar-refractivity contribution in [3.8, 4) is 5.75 Å². The Hall–Kier alpha value is -2.00. The lowest BCUT2D eigenvalue weighted by molar-refractivity contribution is 0.0937. The maximum absolute atomic E-state index is 12.3. The lowest BCUT2D eigenvalue weighted by Gasteiger charge is -2.15. The van der Waals surface area contributed by atoms with Crippen LogP contribution in [0.1, 0.15) is 49.5 Å². The quantitative estimate of drug-likeness (QED) is 0.678. The lowest BCUT2D eigenvalue weighted by Crippen LogP contribution is -2.32. The fraction of sp³-hybridized carbons (Fsp3) is 0.381. The number of hydrogen-bond donors (Lipinski definition) is 1. The van der Waals surface area contributed by atoms with E-state index in [4.69, 9.17) is 16.3 Å². The first-order valence-corrected chi connectivity index (χ1v) is 9.10. The molecule has 25 heavy (non-hydrogen) atoms. The van der Waals surface area contributed by atoms with Crippen molar-refractivity contribution >= 4 is 17.5 Å². The minimum atomic E-state index is -0.0265. The van der Waals surface area contributed by atoms with E-state index in [2.05, 4.69) is 26.1 Å². The third-order valence-electron chi connectivity index (χ3n) is 3.99. The van der Waals surface area contributed by atoms with E-state index in [9.17, 15) is 4.79 Å². The molecule has 3 nitrogen and oxygen atoms in total. The van der Waals surface area contributed by atoms with Crippen molar-refractivity contribution in [2.45, 2.75) is 46.3 Å². The van der Waals surface area contributed by atoms with Crippen LogP contribution >= 0.6 is 11.6 Å². The molecule has 0 unspecified atom stereocenters. The van der Waals surface area contributed by atoms with E-state index in [-0.39, 0.29) is 11.9 Å². The van der Waals surface area contributed by atoms with Crippen molar-refractivity contribution in [1.29, 1.82) is 0 Å². The van der Waals surface area contributed by atoms with E-state index >= 15 is 0 Å². The van der Waals surface area contributed by atoms with Gasteiger partial charge >= 0.3 is 0 Å². The van der Waals surface area contributed by atoms with Crippen molar-refractivity contribution in [3.05, 3.63) is 64.7 Å². The second-order valence-corrected chi connectivity index (χ2v) is 7.22. The molecular weight excluding hydrogens is 334 g/mol. The highest BCUT2D eigenvalue weighted by atomic mass is 35.5. The molecule has 134 valence electrons. The molecule has 4 heteroatoms. The SMILES string of the molecule is CC(C)CC[C@@H](C)NC(=O)c1ccc(COc2ccc(Cl)cc2)cc1. The van der Waals surface area contributed by atoms with Crippen molar-refractivity contribution in [3.63, 3.8) is 0 Å². The maximum atomic E-state index is 12.3. The zero-order valence-electron chi connectivity index (χ0n) is 15.1. The van der Waals surface area contributed by atoms with Gasteiger partial charge in [-0.25, -0.2) is 0 Å². The van der Waals surface area contributed by atoms with Crippen LogP contribution in [0.3, 0.4) is 0 Å². The van der Waals surface area contributed by atoms with E-state index in [1.807, 2.05) is 36.4 Å². The molecule has 0 saturated carbocycles. The summed E-state index contributed by atoms with van der Waals surface area (Å²) in [6.45, 7) is 6.89. The molecular formula is C21H26ClNO2. The molecule has 0 aliphatic carbocycles. The molecule has 0 heterocycles. The van der Waals surface area contributed by atoms with Crippen LogP contribution in [0.15, 0.2) is 48.5 Å². The Morgan fingerprint density at radius 1 is 1.00 bits per heavy atom. The number of benzene rings is 2. The second kappa shape index (κ2) is 9.47. The van der Waals surface area contributed by atoms with Crippen LogP contribution in [0.5, 0.6) is 5.75 Å². The van der Waals surface area contributed by atoms with Crippen LogP contribution in [0.25, 0.3) is 0 Å². The third-order valence-corrected chi connectivity index (χ3v) is 4.24. The highest BCUT2D eigenvalue weighted by Crippen LogP contribution is 2.17. The summed E-state index contributed by atoms with van der Waals surface area (Å²) in [4.78, 5) is 12.3. The van der Waals surface area contributed by atoms with Gasteiger partial charge in [0.15, 0.2) is 0 Å². The second-order valence-electron chi connectivity index (χ2n) is 6.79. The van der Waals surface area contributed by atoms with E-state index in [0.717, 1.165) is 24.2 Å². The molecule has 2 aromatic carbocycles. The Morgan fingerprint density at radius 3 is 2.24 bits per heavy atom. The number of halogens is 1. The maximum Gasteiger partial charge on any atom is 0.251 e. The van der Waals surface area contributed by atoms with Crippen molar-refractivity contribution in [2.24, 2.45) is 5.92 Å². The summed E-state index contributed by atoms with van der Waals surface area (Å²) in [5.41, 5.74) is 1.69. The van der Waals surface area contributed by atoms with Crippen LogP contribution in [-0.4, -0.2) is 11.9 Å². The van der Waals surface area contributed by atoms with Gasteiger partial charge in [0.2, 0.25) is 0 Å². The van der Waals surface area contributed by atoms with Gasteiger partial charge in [-0.2, -0.15) is 0 Å². The fourth-order valence-corrected chi connectivity index (χ4v) is 2.54. The van der Waals surface area contributed by atoms with Crippen LogP contribution in [-0.2, 0) is 6.61 Å². The summed E-state index contributed by atoms with van der Waals surface area (Å²) in [7, 11) is 0. The van der Waals surface area contributed by atoms with Crippen LogP contribution in [0.2, 0.25) is 5.02 Å². The first-order chi connectivity index (χ1) is 11.9. The summed E-state index contributed by atoms with van der Waals surface area (Å²) in [6, 6.07) is 15.0. The van der Waals surface area contributed by atoms with Gasteiger partial charge in [0, 0.05) is 16.6 Å². The fourth-order valence-electron chi connectivity index (χ4n) is 2.41. The Morgan fingerprint density at radius 2 is 1.64 bits per heavy atom. The minimum absolute atomic E-state index is 0.0265. The lowest BCUT2D eigenvalue weighted by atomic mass is 10.0. The molecule has 0 bridgehead atoms. The number of carbonyl (C=O) groups is 1. The predicted octanol–water partition coefficient (Wildman–Crippen LogP) is 5.47. The zero-order valence-corrected chi connectivity index (χ0v) is 15.8. The number of ether oxygens (including phenoxy) is 1. The number of amides is 1. The molecule has 1 N–H and O–H groups in total. The number of carbonyl (C=O) groups excluding carboxylic acids is 1. The van der Waals surface area contributed by atoms with Crippen LogP contribution in [0.4, 0.5) is 0 Å². The van der Waals surface area contributed by atoms with E-state index < -0.39 is 0 Å². The van der Waals surface area contributed by atoms with Gasteiger partial charge in [-0.15, -0.1) is 0 Å². The summed E-state index contributed by atoms with van der Waals surface area (Å²) in [5, 5.41) is 3.74. The molecule has 2 rings (SSSR count). The third kappa shape index (κ3) is 6.79. The van der Waals surface area contributed by atoms with Gasteiger partial charge in [0.05, 0.1) is 0 Å². The largest absolute Gasteiger partial charge is 0.489 e. The molecule has 0 radical (unpaired) electrons. The van der Waals surface area contributed by atoms with Gasteiger partial charge in [0.1, 0.15) is 12.4 Å². The molecule has 0 aromatic heterocycles. The summed E-state index contributed by atoms with van der Waals surface area (Å²) in [5.74, 6) is 1.39. The van der Waals surface area contributed by atoms with Crippen molar-refractivity contribution < 1.29 is 9.53 Å². The Labute approximate surface area is 155 Å². The highest BCUT2D eigenvalue weighted by molar-refractivity contribution is 6.30. The van der Waals surface area contributed by atoms with Gasteiger partial charge in [-0.1, -0.05) is 37.6 Å². The molecule has 1 atom stereocenters. The smallest absolute Gasteiger partial charge is 0.251 e. The Bertz CT molecular complexity index is 665. The Balaban J connectivity index is 1.84. The van der Waals surface area contributed by atoms with Gasteiger partial charge in [-0.3, -0.25) is 4.79 Å². The first kappa shape index (κ1) is 19.3. The van der Waals surface area contributed by atoms with Crippen molar-refractivity contribution in [2.75, 3.05) is 0 Å². The minimum Gasteiger partial charge on any atom is -0.489 e. The molecule has 2 aromatic rings. The van der Waals surface area contributed by atoms with Gasteiger partial charge < -0.3 is 10.1 Å². The zero-order chi connectivity index (χ0) is 18.2. The predicted molar refractivity (Wildman–Crippen MR) is 103 cm³/mol. The van der Waals surface area contributed by atoms with Crippen LogP contribution in [0, 0.1) is 5.92 Å². The summed E-state index contributed by atoms with van der Waals surface area (Å²) < 4.78 is 5.71. The topological polar surface area (TPSA) is 38.3 Å². The molecule has 0 aliphatic heterocycles. The van der Waals surface area contributed by atoms with Gasteiger partial charge in [0.25, 0.3) is 5.91 Å². The normalized spacial score (nSPS) is 12.0. The van der Waals surface area contributed by atoms with Gasteiger partial charge in [-0.05, 0) is 67.6 Å². The molecule has 0 aliphatic rings. The first-order valence-electron chi connectivity index (χ1n) is 8.72. The molecule has 0 spiro atoms. The van der Waals surface area contributed by atoms with E-state index in [0.29, 0.717) is 23.1 Å². The summed E-state index contributed by atoms with van der Waals surface area (Å²) in [6.07, 6.45) is 2.11. The Kier molecular flexibility index (Phi) is 7.32. The highest BCUT2D eigenvalue weighted by Gasteiger charge is 2.10. The molecule has 0 saturated heterocycles. The number of rotatable bonds is 8. The molecule has 1 amide bonds. The molecule has 0 fully saturated rings. The monoisotopic (exact) mass is 359 g/mol. The standard InChI is InChI=1S/C21H26ClNO2/c1-15(2)4-5-16(3)23-21(24)18-8-6-17(7-9-18)14-25-20-12-10-19(22)11-13-20/h6-13,15-16H,4-5,14H2,1-3H3,(H,23,24)/t16-/m1/s1. The van der Waals surface area contributed by atoms with E-state index in [1.54, 1.807) is 12.1 Å². The number of hydrogen-bond acceptors (Lipinski definition) is 2. The average Bonchev–Trinajstić information content (AvgIpc) is 2.60. The summed E-state index contributed by atoms with van der Waals surface area (Å²) >= 11 is 5.85. The van der Waals surface area contributed by atoms with E-state index in [1.165, 1.54) is 0 Å².